The van der Waals surface area contributed by atoms with Gasteiger partial charge in [0.1, 0.15) is 22.8 Å². The lowest BCUT2D eigenvalue weighted by molar-refractivity contribution is 0.0948. The van der Waals surface area contributed by atoms with Crippen molar-refractivity contribution in [2.75, 3.05) is 13.7 Å². The fraction of sp³-hybridized carbons (Fsp3) is 0.269. The van der Waals surface area contributed by atoms with E-state index in [1.165, 1.54) is 5.56 Å². The number of amides is 1. The molecule has 0 bridgehead atoms. The highest BCUT2D eigenvalue weighted by Gasteiger charge is 2.32. The third-order valence-corrected chi connectivity index (χ3v) is 5.87. The van der Waals surface area contributed by atoms with Gasteiger partial charge in [-0.1, -0.05) is 12.1 Å². The van der Waals surface area contributed by atoms with Gasteiger partial charge in [-0.3, -0.25) is 4.79 Å². The Balaban J connectivity index is 1.32. The Hall–Kier alpha value is -3.87. The number of methoxy groups -OCH3 is 1. The monoisotopic (exact) mass is 442 g/mol. The van der Waals surface area contributed by atoms with E-state index < -0.39 is 0 Å². The van der Waals surface area contributed by atoms with E-state index in [9.17, 15) is 4.79 Å². The average molecular weight is 443 g/mol. The molecule has 0 aliphatic carbocycles. The van der Waals surface area contributed by atoms with Crippen LogP contribution in [0.2, 0.25) is 0 Å². The molecule has 7 heteroatoms. The quantitative estimate of drug-likeness (QED) is 0.486. The third kappa shape index (κ3) is 4.02. The van der Waals surface area contributed by atoms with Crippen molar-refractivity contribution in [3.05, 3.63) is 77.7 Å². The van der Waals surface area contributed by atoms with Crippen molar-refractivity contribution in [1.29, 1.82) is 0 Å². The van der Waals surface area contributed by atoms with Crippen molar-refractivity contribution in [2.45, 2.75) is 32.3 Å². The first-order chi connectivity index (χ1) is 15.9. The Bertz CT molecular complexity index is 1330. The topological polar surface area (TPSA) is 78.3 Å². The number of benzene rings is 2. The number of nitrogens with zero attached hydrogens (tertiary/aromatic N) is 3. The second-order valence-electron chi connectivity index (χ2n) is 8.77. The van der Waals surface area contributed by atoms with E-state index in [1.54, 1.807) is 24.1 Å². The van der Waals surface area contributed by atoms with Crippen LogP contribution in [0.4, 0.5) is 0 Å². The number of rotatable bonds is 6. The molecule has 2 aromatic heterocycles. The fourth-order valence-electron chi connectivity index (χ4n) is 4.39. The number of pyridine rings is 1. The molecule has 0 unspecified atom stereocenters. The van der Waals surface area contributed by atoms with Crippen LogP contribution >= 0.6 is 0 Å². The number of fused-ring (bicyclic) bond motifs is 2. The molecule has 3 heterocycles. The summed E-state index contributed by atoms with van der Waals surface area (Å²) in [6.45, 7) is 4.60. The number of carbonyl (C=O) groups is 1. The molecule has 1 N–H and O–H groups in total. The summed E-state index contributed by atoms with van der Waals surface area (Å²) < 4.78 is 13.5. The van der Waals surface area contributed by atoms with Crippen molar-refractivity contribution in [3.8, 4) is 17.2 Å². The molecular weight excluding hydrogens is 416 g/mol. The standard InChI is InChI=1S/C26H26N4O3/c1-26(2)16-17-8-11-23(32-3)19(24(17)33-26)12-14-27-25(31)21-10-9-18-20(29-21)6-4-7-22(18)30-15-5-13-28-30/h4-11,13,15H,12,14,16H2,1-3H3,(H,27,31). The van der Waals surface area contributed by atoms with Crippen LogP contribution in [0.5, 0.6) is 11.5 Å². The van der Waals surface area contributed by atoms with Crippen LogP contribution in [0.15, 0.2) is 60.9 Å². The van der Waals surface area contributed by atoms with Gasteiger partial charge in [-0.2, -0.15) is 5.10 Å². The smallest absolute Gasteiger partial charge is 0.269 e. The molecule has 1 amide bonds. The summed E-state index contributed by atoms with van der Waals surface area (Å²) in [5.74, 6) is 1.44. The molecular formula is C26H26N4O3. The Morgan fingerprint density at radius 1 is 1.18 bits per heavy atom. The lowest BCUT2D eigenvalue weighted by atomic mass is 9.99. The molecule has 0 saturated heterocycles. The number of carbonyl (C=O) groups excluding carboxylic acids is 1. The number of hydrogen-bond acceptors (Lipinski definition) is 5. The maximum Gasteiger partial charge on any atom is 0.269 e. The zero-order valence-electron chi connectivity index (χ0n) is 19.0. The van der Waals surface area contributed by atoms with Crippen LogP contribution in [-0.2, 0) is 12.8 Å². The first kappa shape index (κ1) is 21.0. The molecule has 5 rings (SSSR count). The van der Waals surface area contributed by atoms with Gasteiger partial charge in [-0.25, -0.2) is 9.67 Å². The van der Waals surface area contributed by atoms with E-state index in [0.717, 1.165) is 40.1 Å². The summed E-state index contributed by atoms with van der Waals surface area (Å²) in [7, 11) is 1.65. The minimum absolute atomic E-state index is 0.214. The van der Waals surface area contributed by atoms with Gasteiger partial charge in [-0.15, -0.1) is 0 Å². The van der Waals surface area contributed by atoms with Crippen LogP contribution in [0.1, 0.15) is 35.5 Å². The van der Waals surface area contributed by atoms with Crippen molar-refractivity contribution in [2.24, 2.45) is 0 Å². The summed E-state index contributed by atoms with van der Waals surface area (Å²) in [5.41, 5.74) is 3.96. The van der Waals surface area contributed by atoms with Crippen molar-refractivity contribution in [1.82, 2.24) is 20.1 Å². The van der Waals surface area contributed by atoms with E-state index in [1.807, 2.05) is 42.6 Å². The van der Waals surface area contributed by atoms with Crippen LogP contribution in [-0.4, -0.2) is 39.9 Å². The first-order valence-corrected chi connectivity index (χ1v) is 11.0. The first-order valence-electron chi connectivity index (χ1n) is 11.0. The van der Waals surface area contributed by atoms with Gasteiger partial charge in [0.15, 0.2) is 0 Å². The normalized spacial score (nSPS) is 14.0. The lowest BCUT2D eigenvalue weighted by Crippen LogP contribution is -2.27. The summed E-state index contributed by atoms with van der Waals surface area (Å²) in [5, 5.41) is 8.22. The Morgan fingerprint density at radius 3 is 2.85 bits per heavy atom. The largest absolute Gasteiger partial charge is 0.496 e. The number of aromatic nitrogens is 3. The Labute approximate surface area is 192 Å². The van der Waals surface area contributed by atoms with Gasteiger partial charge in [-0.05, 0) is 62.2 Å². The molecule has 7 nitrogen and oxygen atoms in total. The second-order valence-corrected chi connectivity index (χ2v) is 8.77. The van der Waals surface area contributed by atoms with Gasteiger partial charge in [0.25, 0.3) is 5.91 Å². The molecule has 1 aliphatic heterocycles. The maximum absolute atomic E-state index is 12.8. The van der Waals surface area contributed by atoms with Gasteiger partial charge in [0, 0.05) is 36.3 Å². The molecule has 4 aromatic rings. The van der Waals surface area contributed by atoms with E-state index in [0.29, 0.717) is 18.7 Å². The highest BCUT2D eigenvalue weighted by atomic mass is 16.5. The molecule has 0 saturated carbocycles. The van der Waals surface area contributed by atoms with E-state index in [2.05, 4.69) is 35.3 Å². The second kappa shape index (κ2) is 8.24. The van der Waals surface area contributed by atoms with Crippen LogP contribution in [0.3, 0.4) is 0 Å². The number of ether oxygens (including phenoxy) is 2. The predicted molar refractivity (Wildman–Crippen MR) is 126 cm³/mol. The highest BCUT2D eigenvalue weighted by Crippen LogP contribution is 2.41. The van der Waals surface area contributed by atoms with Gasteiger partial charge < -0.3 is 14.8 Å². The summed E-state index contributed by atoms with van der Waals surface area (Å²) >= 11 is 0. The minimum Gasteiger partial charge on any atom is -0.496 e. The van der Waals surface area contributed by atoms with Crippen LogP contribution in [0.25, 0.3) is 16.6 Å². The molecule has 0 fully saturated rings. The molecule has 0 atom stereocenters. The average Bonchev–Trinajstić information content (AvgIpc) is 3.45. The van der Waals surface area contributed by atoms with Crippen molar-refractivity contribution in [3.63, 3.8) is 0 Å². The van der Waals surface area contributed by atoms with Gasteiger partial charge >= 0.3 is 0 Å². The molecule has 0 spiro atoms. The fourth-order valence-corrected chi connectivity index (χ4v) is 4.39. The van der Waals surface area contributed by atoms with Crippen LogP contribution in [0, 0.1) is 0 Å². The van der Waals surface area contributed by atoms with E-state index in [-0.39, 0.29) is 11.5 Å². The molecule has 168 valence electrons. The van der Waals surface area contributed by atoms with Crippen molar-refractivity contribution < 1.29 is 14.3 Å². The maximum atomic E-state index is 12.8. The van der Waals surface area contributed by atoms with Crippen molar-refractivity contribution >= 4 is 16.8 Å². The number of hydrogen-bond donors (Lipinski definition) is 1. The summed E-state index contributed by atoms with van der Waals surface area (Å²) in [6.07, 6.45) is 5.07. The molecule has 1 aliphatic rings. The van der Waals surface area contributed by atoms with Gasteiger partial charge in [0.2, 0.25) is 0 Å². The minimum atomic E-state index is -0.239. The SMILES string of the molecule is COc1ccc2c(c1CCNC(=O)c1ccc3c(-n4cccn4)cccc3n1)OC(C)(C)C2. The predicted octanol–water partition coefficient (Wildman–Crippen LogP) is 4.12. The Morgan fingerprint density at radius 2 is 2.06 bits per heavy atom. The highest BCUT2D eigenvalue weighted by molar-refractivity contribution is 5.96. The molecule has 33 heavy (non-hydrogen) atoms. The molecule has 2 aromatic carbocycles. The number of nitrogens with one attached hydrogen (secondary N) is 1. The zero-order chi connectivity index (χ0) is 23.0. The summed E-state index contributed by atoms with van der Waals surface area (Å²) in [6, 6.07) is 15.4. The zero-order valence-corrected chi connectivity index (χ0v) is 19.0. The molecule has 0 radical (unpaired) electrons. The van der Waals surface area contributed by atoms with E-state index in [4.69, 9.17) is 9.47 Å². The third-order valence-electron chi connectivity index (χ3n) is 5.87. The Kier molecular flexibility index (Phi) is 5.24. The van der Waals surface area contributed by atoms with Gasteiger partial charge in [0.05, 0.1) is 18.3 Å². The van der Waals surface area contributed by atoms with E-state index >= 15 is 0 Å². The lowest BCUT2D eigenvalue weighted by Gasteiger charge is -2.19. The summed E-state index contributed by atoms with van der Waals surface area (Å²) in [4.78, 5) is 17.4. The van der Waals surface area contributed by atoms with Crippen LogP contribution < -0.4 is 14.8 Å².